The first-order valence-corrected chi connectivity index (χ1v) is 13.0. The fourth-order valence-corrected chi connectivity index (χ4v) is 4.89. The predicted molar refractivity (Wildman–Crippen MR) is 157 cm³/mol. The van der Waals surface area contributed by atoms with Crippen LogP contribution in [0.2, 0.25) is 0 Å². The molecule has 0 bridgehead atoms. The molecule has 0 saturated carbocycles. The molecule has 3 N–H and O–H groups in total. The van der Waals surface area contributed by atoms with Crippen molar-refractivity contribution in [3.8, 4) is 16.9 Å². The van der Waals surface area contributed by atoms with Crippen molar-refractivity contribution in [2.45, 2.75) is 12.5 Å². The Bertz CT molecular complexity index is 1870. The summed E-state index contributed by atoms with van der Waals surface area (Å²) in [5.74, 6) is -1.59. The van der Waals surface area contributed by atoms with E-state index in [1.165, 1.54) is 6.08 Å². The summed E-state index contributed by atoms with van der Waals surface area (Å²) in [5, 5.41) is 20.5. The highest BCUT2D eigenvalue weighted by Gasteiger charge is 2.21. The number of aromatic nitrogens is 3. The second-order valence-electron chi connectivity index (χ2n) is 9.57. The molecule has 1 unspecified atom stereocenters. The molecule has 6 rings (SSSR count). The van der Waals surface area contributed by atoms with E-state index in [1.54, 1.807) is 17.0 Å². The van der Waals surface area contributed by atoms with Gasteiger partial charge in [0.1, 0.15) is 6.04 Å². The number of amides is 1. The van der Waals surface area contributed by atoms with E-state index in [0.29, 0.717) is 5.69 Å². The van der Waals surface area contributed by atoms with E-state index in [-0.39, 0.29) is 6.42 Å². The number of carbonyl (C=O) groups is 2. The molecule has 0 spiro atoms. The average molecular weight is 527 g/mol. The number of carbonyl (C=O) groups excluding carboxylic acids is 1. The summed E-state index contributed by atoms with van der Waals surface area (Å²) in [7, 11) is 0. The lowest BCUT2D eigenvalue weighted by Gasteiger charge is -2.12. The summed E-state index contributed by atoms with van der Waals surface area (Å²) in [6.45, 7) is 0. The quantitative estimate of drug-likeness (QED) is 0.212. The van der Waals surface area contributed by atoms with Crippen LogP contribution >= 0.6 is 0 Å². The maximum absolute atomic E-state index is 12.9. The SMILES string of the molecule is O=C(/C=C/c1cn(-c2ccccc2)nc1-c1ccc2ccccc2c1)NC(Cc1c[nH]c2ccccc12)C(=O)O. The normalized spacial score (nSPS) is 12.2. The minimum Gasteiger partial charge on any atom is -0.480 e. The Morgan fingerprint density at radius 1 is 0.925 bits per heavy atom. The molecule has 0 aliphatic rings. The molecule has 0 aliphatic heterocycles. The van der Waals surface area contributed by atoms with Crippen LogP contribution in [0.25, 0.3) is 44.7 Å². The summed E-state index contributed by atoms with van der Waals surface area (Å²) < 4.78 is 1.78. The molecule has 40 heavy (non-hydrogen) atoms. The smallest absolute Gasteiger partial charge is 0.326 e. The Hall–Kier alpha value is -5.43. The van der Waals surface area contributed by atoms with Gasteiger partial charge in [0.25, 0.3) is 0 Å². The monoisotopic (exact) mass is 526 g/mol. The van der Waals surface area contributed by atoms with E-state index < -0.39 is 17.9 Å². The van der Waals surface area contributed by atoms with Gasteiger partial charge in [0.15, 0.2) is 0 Å². The predicted octanol–water partition coefficient (Wildman–Crippen LogP) is 6.00. The largest absolute Gasteiger partial charge is 0.480 e. The lowest BCUT2D eigenvalue weighted by atomic mass is 10.0. The van der Waals surface area contributed by atoms with Gasteiger partial charge in [-0.05, 0) is 46.7 Å². The minimum atomic E-state index is -1.10. The maximum Gasteiger partial charge on any atom is 0.326 e. The lowest BCUT2D eigenvalue weighted by Crippen LogP contribution is -2.41. The molecular weight excluding hydrogens is 500 g/mol. The van der Waals surface area contributed by atoms with Gasteiger partial charge in [-0.1, -0.05) is 72.8 Å². The highest BCUT2D eigenvalue weighted by molar-refractivity contribution is 5.96. The van der Waals surface area contributed by atoms with E-state index in [1.807, 2.05) is 79.0 Å². The number of aliphatic carboxylic acids is 1. The number of carboxylic acids is 1. The molecule has 196 valence electrons. The molecule has 6 aromatic rings. The van der Waals surface area contributed by atoms with E-state index in [0.717, 1.165) is 44.1 Å². The zero-order valence-corrected chi connectivity index (χ0v) is 21.5. The van der Waals surface area contributed by atoms with Gasteiger partial charge < -0.3 is 15.4 Å². The number of carboxylic acid groups (broad SMARTS) is 1. The van der Waals surface area contributed by atoms with Crippen LogP contribution in [-0.2, 0) is 16.0 Å². The third-order valence-electron chi connectivity index (χ3n) is 6.91. The van der Waals surface area contributed by atoms with Gasteiger partial charge in [0, 0.05) is 46.9 Å². The van der Waals surface area contributed by atoms with Crippen LogP contribution in [0.3, 0.4) is 0 Å². The average Bonchev–Trinajstić information content (AvgIpc) is 3.60. The summed E-state index contributed by atoms with van der Waals surface area (Å²) in [5.41, 5.74) is 5.00. The first-order valence-electron chi connectivity index (χ1n) is 13.0. The number of rotatable bonds is 8. The molecule has 0 saturated heterocycles. The Morgan fingerprint density at radius 2 is 1.68 bits per heavy atom. The van der Waals surface area contributed by atoms with Crippen LogP contribution in [-0.4, -0.2) is 37.8 Å². The second kappa shape index (κ2) is 10.7. The van der Waals surface area contributed by atoms with Gasteiger partial charge >= 0.3 is 5.97 Å². The van der Waals surface area contributed by atoms with E-state index >= 15 is 0 Å². The molecule has 2 heterocycles. The Morgan fingerprint density at radius 3 is 2.50 bits per heavy atom. The fourth-order valence-electron chi connectivity index (χ4n) is 4.89. The van der Waals surface area contributed by atoms with Gasteiger partial charge in [-0.3, -0.25) is 4.79 Å². The number of H-pyrrole nitrogens is 1. The van der Waals surface area contributed by atoms with E-state index in [4.69, 9.17) is 5.10 Å². The molecule has 0 fully saturated rings. The van der Waals surface area contributed by atoms with Crippen molar-refractivity contribution in [3.05, 3.63) is 127 Å². The van der Waals surface area contributed by atoms with Crippen molar-refractivity contribution in [1.82, 2.24) is 20.1 Å². The van der Waals surface area contributed by atoms with Crippen LogP contribution in [0.1, 0.15) is 11.1 Å². The zero-order chi connectivity index (χ0) is 27.5. The zero-order valence-electron chi connectivity index (χ0n) is 21.5. The van der Waals surface area contributed by atoms with Crippen LogP contribution in [0.15, 0.2) is 116 Å². The first kappa shape index (κ1) is 24.9. The van der Waals surface area contributed by atoms with Crippen molar-refractivity contribution >= 4 is 39.6 Å². The Kier molecular flexibility index (Phi) is 6.68. The van der Waals surface area contributed by atoms with Gasteiger partial charge in [-0.2, -0.15) is 5.10 Å². The van der Waals surface area contributed by atoms with Crippen molar-refractivity contribution < 1.29 is 14.7 Å². The third-order valence-corrected chi connectivity index (χ3v) is 6.91. The molecule has 0 radical (unpaired) electrons. The number of aromatic amines is 1. The topological polar surface area (TPSA) is 100 Å². The number of hydrogen-bond acceptors (Lipinski definition) is 3. The highest BCUT2D eigenvalue weighted by atomic mass is 16.4. The van der Waals surface area contributed by atoms with Gasteiger partial charge in [0.05, 0.1) is 11.4 Å². The van der Waals surface area contributed by atoms with Gasteiger partial charge in [-0.25, -0.2) is 9.48 Å². The number of benzene rings is 4. The standard InChI is InChI=1S/C33H26N4O3/c38-31(35-30(33(39)40)19-26-20-34-29-13-7-6-12-28(26)29)17-16-25-21-37(27-10-2-1-3-11-27)36-32(25)24-15-14-22-8-4-5-9-23(22)18-24/h1-18,20-21,30,34H,19H2,(H,35,38)(H,39,40)/b17-16+. The van der Waals surface area contributed by atoms with Gasteiger partial charge in [-0.15, -0.1) is 0 Å². The van der Waals surface area contributed by atoms with Crippen molar-refractivity contribution in [2.24, 2.45) is 0 Å². The lowest BCUT2D eigenvalue weighted by molar-refractivity contribution is -0.141. The van der Waals surface area contributed by atoms with Crippen LogP contribution < -0.4 is 5.32 Å². The molecule has 1 amide bonds. The maximum atomic E-state index is 12.9. The van der Waals surface area contributed by atoms with E-state index in [2.05, 4.69) is 34.6 Å². The fraction of sp³-hybridized carbons (Fsp3) is 0.0606. The number of nitrogens with one attached hydrogen (secondary N) is 2. The highest BCUT2D eigenvalue weighted by Crippen LogP contribution is 2.28. The van der Waals surface area contributed by atoms with E-state index in [9.17, 15) is 14.7 Å². The molecule has 1 atom stereocenters. The van der Waals surface area contributed by atoms with Crippen LogP contribution in [0.4, 0.5) is 0 Å². The molecule has 2 aromatic heterocycles. The molecule has 7 nitrogen and oxygen atoms in total. The third kappa shape index (κ3) is 5.13. The number of nitrogens with zero attached hydrogens (tertiary/aromatic N) is 2. The van der Waals surface area contributed by atoms with Crippen molar-refractivity contribution in [3.63, 3.8) is 0 Å². The summed E-state index contributed by atoms with van der Waals surface area (Å²) in [6, 6.07) is 30.6. The first-order chi connectivity index (χ1) is 19.5. The molecular formula is C33H26N4O3. The Balaban J connectivity index is 1.28. The minimum absolute atomic E-state index is 0.160. The van der Waals surface area contributed by atoms with Crippen molar-refractivity contribution in [2.75, 3.05) is 0 Å². The number of para-hydroxylation sites is 2. The van der Waals surface area contributed by atoms with Crippen molar-refractivity contribution in [1.29, 1.82) is 0 Å². The number of fused-ring (bicyclic) bond motifs is 2. The molecule has 4 aromatic carbocycles. The summed E-state index contributed by atoms with van der Waals surface area (Å²) in [6.07, 6.45) is 6.85. The summed E-state index contributed by atoms with van der Waals surface area (Å²) in [4.78, 5) is 28.1. The molecule has 0 aliphatic carbocycles. The van der Waals surface area contributed by atoms with Crippen LogP contribution in [0.5, 0.6) is 0 Å². The second-order valence-corrected chi connectivity index (χ2v) is 9.57. The Labute approximate surface area is 230 Å². The van der Waals surface area contributed by atoms with Crippen LogP contribution in [0, 0.1) is 0 Å². The van der Waals surface area contributed by atoms with Gasteiger partial charge in [0.2, 0.25) is 5.91 Å². The summed E-state index contributed by atoms with van der Waals surface area (Å²) >= 11 is 0. The number of hydrogen-bond donors (Lipinski definition) is 3. The molecule has 7 heteroatoms.